The summed E-state index contributed by atoms with van der Waals surface area (Å²) in [6.07, 6.45) is 0. The van der Waals surface area contributed by atoms with E-state index in [-0.39, 0.29) is 33.6 Å². The lowest BCUT2D eigenvalue weighted by Crippen LogP contribution is -2.05. The van der Waals surface area contributed by atoms with E-state index in [0.717, 1.165) is 105 Å². The zero-order valence-electron chi connectivity index (χ0n) is 52.4. The maximum atomic E-state index is 10.8. The average molecular weight is 1260 g/mol. The molecule has 0 atom stereocenters. The zero-order valence-corrected chi connectivity index (χ0v) is 52.4. The van der Waals surface area contributed by atoms with Gasteiger partial charge in [-0.3, -0.25) is 0 Å². The quantitative estimate of drug-likeness (QED) is 0.123. The van der Waals surface area contributed by atoms with Crippen molar-refractivity contribution < 1.29 is 0 Å². The Morgan fingerprint density at radius 2 is 0.636 bits per heavy atom. The van der Waals surface area contributed by atoms with Gasteiger partial charge in [0.2, 0.25) is 0 Å². The highest BCUT2D eigenvalue weighted by molar-refractivity contribution is 6.15. The highest BCUT2D eigenvalue weighted by Gasteiger charge is 2.27. The van der Waals surface area contributed by atoms with Gasteiger partial charge in [0, 0.05) is 93.8 Å². The van der Waals surface area contributed by atoms with Gasteiger partial charge in [-0.25, -0.2) is 24.6 Å². The van der Waals surface area contributed by atoms with Gasteiger partial charge < -0.3 is 13.7 Å². The molecule has 0 bridgehead atoms. The molecule has 17 rings (SSSR count). The Morgan fingerprint density at radius 3 is 1.01 bits per heavy atom. The number of nitrogens with zero attached hydrogens (tertiary/aromatic N) is 12. The van der Waals surface area contributed by atoms with Crippen molar-refractivity contribution >= 4 is 76.8 Å². The predicted molar refractivity (Wildman–Crippen MR) is 392 cm³/mol. The largest absolute Gasteiger partial charge is 0.309 e. The van der Waals surface area contributed by atoms with E-state index in [1.807, 2.05) is 97.1 Å². The van der Waals surface area contributed by atoms with Gasteiger partial charge in [-0.2, -0.15) is 21.0 Å². The van der Waals surface area contributed by atoms with Crippen LogP contribution in [0.2, 0.25) is 0 Å². The zero-order chi connectivity index (χ0) is 66.8. The fraction of sp³-hybridized carbons (Fsp3) is 0. The molecule has 13 aromatic carbocycles. The van der Waals surface area contributed by atoms with Crippen molar-refractivity contribution in [1.82, 2.24) is 28.7 Å². The summed E-state index contributed by atoms with van der Waals surface area (Å²) in [6, 6.07) is 102. The van der Waals surface area contributed by atoms with Gasteiger partial charge in [-0.15, -0.1) is 0 Å². The second-order valence-electron chi connectivity index (χ2n) is 24.1. The van der Waals surface area contributed by atoms with E-state index >= 15 is 0 Å². The van der Waals surface area contributed by atoms with E-state index in [0.29, 0.717) is 56.1 Å². The highest BCUT2D eigenvalue weighted by Crippen LogP contribution is 2.49. The summed E-state index contributed by atoms with van der Waals surface area (Å²) in [4.78, 5) is 23.8. The molecule has 0 fully saturated rings. The third-order valence-corrected chi connectivity index (χ3v) is 18.6. The molecule has 0 N–H and O–H groups in total. The summed E-state index contributed by atoms with van der Waals surface area (Å²) < 4.78 is 6.89. The lowest BCUT2D eigenvalue weighted by Gasteiger charge is -2.22. The number of rotatable bonds is 10. The molecule has 0 saturated carbocycles. The van der Waals surface area contributed by atoms with Crippen molar-refractivity contribution in [3.63, 3.8) is 0 Å². The topological polar surface area (TPSA) is 157 Å². The summed E-state index contributed by atoms with van der Waals surface area (Å²) in [7, 11) is 0. The third kappa shape index (κ3) is 9.59. The Balaban J connectivity index is 1.04. The minimum absolute atomic E-state index is 0.142. The number of benzene rings is 13. The van der Waals surface area contributed by atoms with Crippen molar-refractivity contribution in [3.8, 4) is 120 Å². The molecule has 454 valence electrons. The van der Waals surface area contributed by atoms with E-state index in [1.165, 1.54) is 24.3 Å². The van der Waals surface area contributed by atoms with Gasteiger partial charge in [0.25, 0.3) is 0 Å². The molecule has 0 spiro atoms. The molecule has 0 amide bonds. The van der Waals surface area contributed by atoms with Crippen LogP contribution in [0.25, 0.3) is 171 Å². The van der Waals surface area contributed by atoms with E-state index < -0.39 is 0 Å². The van der Waals surface area contributed by atoms with E-state index in [4.69, 9.17) is 28.1 Å². The molecule has 4 heterocycles. The molecule has 12 heteroatoms. The second-order valence-corrected chi connectivity index (χ2v) is 24.1. The molecule has 0 saturated heterocycles. The maximum absolute atomic E-state index is 10.8. The predicted octanol–water partition coefficient (Wildman–Crippen LogP) is 21.4. The van der Waals surface area contributed by atoms with Gasteiger partial charge in [-0.1, -0.05) is 170 Å². The van der Waals surface area contributed by atoms with E-state index in [2.05, 4.69) is 205 Å². The highest BCUT2D eigenvalue weighted by atomic mass is 15.0. The van der Waals surface area contributed by atoms with Gasteiger partial charge in [0.15, 0.2) is 28.8 Å². The average Bonchev–Trinajstić information content (AvgIpc) is 1.59. The van der Waals surface area contributed by atoms with Gasteiger partial charge in [-0.05, 0) is 131 Å². The fourth-order valence-corrected chi connectivity index (χ4v) is 14.3. The third-order valence-electron chi connectivity index (χ3n) is 18.6. The number of hydrogen-bond donors (Lipinski definition) is 0. The summed E-state index contributed by atoms with van der Waals surface area (Å²) in [5, 5.41) is 47.7. The van der Waals surface area contributed by atoms with Crippen molar-refractivity contribution in [2.45, 2.75) is 0 Å². The van der Waals surface area contributed by atoms with Crippen LogP contribution < -0.4 is 0 Å². The first-order valence-corrected chi connectivity index (χ1v) is 31.9. The SMILES string of the molecule is [C-]#[N+]c1cc(C#N)cc(C#N)c1-c1ccc2c(c1)c1cc(-c3c(C#N)cc(C#N)cc3[N+]#[C-])ccc1n2-c1c(-c2cccc(-n3c4ccccc4c4ccccc43)c2)cc(-c2nc(-c3ccccc3)nc(-c3ccccc3)n2)cc1-c1cccc(-n2c3ccccc3c3ccccc32)c1. The first kappa shape index (κ1) is 58.1. The Labute approximate surface area is 567 Å². The van der Waals surface area contributed by atoms with Crippen LogP contribution in [0, 0.1) is 58.5 Å². The molecule has 0 aliphatic carbocycles. The number of nitriles is 4. The molecule has 12 nitrogen and oxygen atoms in total. The molecule has 0 aliphatic heterocycles. The van der Waals surface area contributed by atoms with Crippen LogP contribution >= 0.6 is 0 Å². The van der Waals surface area contributed by atoms with E-state index in [1.54, 1.807) is 0 Å². The monoisotopic (exact) mass is 1260 g/mol. The summed E-state index contributed by atoms with van der Waals surface area (Å²) >= 11 is 0. The Kier molecular flexibility index (Phi) is 13.9. The van der Waals surface area contributed by atoms with Crippen LogP contribution in [0.5, 0.6) is 0 Å². The van der Waals surface area contributed by atoms with Crippen LogP contribution in [-0.4, -0.2) is 28.7 Å². The second kappa shape index (κ2) is 23.6. The van der Waals surface area contributed by atoms with Crippen molar-refractivity contribution in [1.29, 1.82) is 21.0 Å². The smallest absolute Gasteiger partial charge is 0.197 e. The number of para-hydroxylation sites is 4. The molecular weight excluding hydrogens is 1210 g/mol. The van der Waals surface area contributed by atoms with Gasteiger partial charge >= 0.3 is 0 Å². The molecule has 0 unspecified atom stereocenters. The van der Waals surface area contributed by atoms with Crippen LogP contribution in [0.15, 0.2) is 279 Å². The lowest BCUT2D eigenvalue weighted by molar-refractivity contribution is 1.07. The minimum Gasteiger partial charge on any atom is -0.309 e. The van der Waals surface area contributed by atoms with Gasteiger partial charge in [0.1, 0.15) is 0 Å². The fourth-order valence-electron chi connectivity index (χ4n) is 14.3. The normalized spacial score (nSPS) is 11.2. The van der Waals surface area contributed by atoms with Crippen LogP contribution in [0.1, 0.15) is 22.3 Å². The number of aromatic nitrogens is 6. The van der Waals surface area contributed by atoms with Crippen LogP contribution in [0.3, 0.4) is 0 Å². The molecule has 0 aliphatic rings. The summed E-state index contributed by atoms with van der Waals surface area (Å²) in [5.41, 5.74) is 16.7. The number of fused-ring (bicyclic) bond motifs is 9. The molecule has 0 radical (unpaired) electrons. The van der Waals surface area contributed by atoms with Crippen molar-refractivity contribution in [2.24, 2.45) is 0 Å². The molecule has 4 aromatic heterocycles. The van der Waals surface area contributed by atoms with E-state index in [9.17, 15) is 21.0 Å². The number of hydrogen-bond acceptors (Lipinski definition) is 7. The Morgan fingerprint density at radius 1 is 0.283 bits per heavy atom. The molecule has 99 heavy (non-hydrogen) atoms. The minimum atomic E-state index is 0.142. The van der Waals surface area contributed by atoms with Crippen LogP contribution in [0.4, 0.5) is 11.4 Å². The van der Waals surface area contributed by atoms with Crippen molar-refractivity contribution in [2.75, 3.05) is 0 Å². The first-order chi connectivity index (χ1) is 48.8. The molecule has 17 aromatic rings. The maximum Gasteiger partial charge on any atom is 0.197 e. The standard InChI is InChI=1S/C87H46N12/c1-92-74-41-53(49-88)39-62(51-90)82(74)59-35-37-80-72(45-59)73-46-60(83-63(52-91)40-54(50-89)42-75(83)93-2)36-38-81(73)99(80)84-70(57-23-17-25-64(43-57)97-76-31-13-9-27-66(76)67-28-10-14-32-77(67)97)47-61(87-95-85(55-19-5-3-6-20-55)94-86(96-87)56-21-7-4-8-22-56)48-71(84)58-24-18-26-65(44-58)98-78-33-15-11-29-68(78)69-30-12-16-34-79(69)98/h3-48H. The summed E-state index contributed by atoms with van der Waals surface area (Å²) in [5.74, 6) is 1.42. The van der Waals surface area contributed by atoms with Crippen molar-refractivity contribution in [3.05, 3.63) is 324 Å². The first-order valence-electron chi connectivity index (χ1n) is 31.9. The Bertz CT molecular complexity index is 6000. The summed E-state index contributed by atoms with van der Waals surface area (Å²) in [6.45, 7) is 16.8. The molecular formula is C87H46N12. The van der Waals surface area contributed by atoms with Gasteiger partial charge in [0.05, 0.1) is 87.3 Å². The van der Waals surface area contributed by atoms with Crippen LogP contribution in [-0.2, 0) is 0 Å². The Hall–Kier alpha value is -14.8. The lowest BCUT2D eigenvalue weighted by atomic mass is 9.91.